The van der Waals surface area contributed by atoms with Gasteiger partial charge in [-0.05, 0) is 36.4 Å². The highest BCUT2D eigenvalue weighted by atomic mass is 32.1. The SMILES string of the molecule is CCCNC(=O)c1cc2sccc2n1[C@@H](C)c1ccccc1. The number of nitrogens with zero attached hydrogens (tertiary/aromatic N) is 1. The van der Waals surface area contributed by atoms with E-state index in [1.54, 1.807) is 11.3 Å². The maximum atomic E-state index is 12.5. The standard InChI is InChI=1S/C18H20N2OS/c1-3-10-19-18(21)16-12-17-15(9-11-22-17)20(16)13(2)14-7-5-4-6-8-14/h4-9,11-13H,3,10H2,1-2H3,(H,19,21)/t13-/m0/s1. The van der Waals surface area contributed by atoms with Crippen LogP contribution < -0.4 is 5.32 Å². The Kier molecular flexibility index (Phi) is 4.29. The van der Waals surface area contributed by atoms with E-state index < -0.39 is 0 Å². The molecule has 0 aliphatic carbocycles. The molecule has 1 amide bonds. The Balaban J connectivity index is 2.06. The van der Waals surface area contributed by atoms with E-state index in [1.165, 1.54) is 5.56 Å². The summed E-state index contributed by atoms with van der Waals surface area (Å²) in [6.45, 7) is 4.91. The van der Waals surface area contributed by atoms with Gasteiger partial charge in [-0.2, -0.15) is 0 Å². The van der Waals surface area contributed by atoms with E-state index >= 15 is 0 Å². The number of fused-ring (bicyclic) bond motifs is 1. The predicted octanol–water partition coefficient (Wildman–Crippen LogP) is 4.45. The first kappa shape index (κ1) is 14.9. The minimum absolute atomic E-state index is 0.00744. The quantitative estimate of drug-likeness (QED) is 0.742. The van der Waals surface area contributed by atoms with E-state index in [-0.39, 0.29) is 11.9 Å². The molecule has 0 aliphatic heterocycles. The largest absolute Gasteiger partial charge is 0.351 e. The molecular formula is C18H20N2OS. The van der Waals surface area contributed by atoms with Crippen molar-refractivity contribution in [3.05, 3.63) is 59.1 Å². The second-order valence-corrected chi connectivity index (χ2v) is 6.36. The van der Waals surface area contributed by atoms with Crippen molar-refractivity contribution in [1.29, 1.82) is 0 Å². The van der Waals surface area contributed by atoms with Crippen molar-refractivity contribution in [1.82, 2.24) is 9.88 Å². The highest BCUT2D eigenvalue weighted by Crippen LogP contribution is 2.31. The van der Waals surface area contributed by atoms with Crippen molar-refractivity contribution in [3.63, 3.8) is 0 Å². The van der Waals surface area contributed by atoms with Gasteiger partial charge in [0.25, 0.3) is 5.91 Å². The number of amides is 1. The zero-order chi connectivity index (χ0) is 15.5. The molecule has 0 fully saturated rings. The fourth-order valence-corrected chi connectivity index (χ4v) is 3.56. The van der Waals surface area contributed by atoms with Crippen LogP contribution in [0.15, 0.2) is 47.8 Å². The molecule has 3 rings (SSSR count). The number of hydrogen-bond donors (Lipinski definition) is 1. The molecule has 114 valence electrons. The molecule has 0 unspecified atom stereocenters. The van der Waals surface area contributed by atoms with Crippen LogP contribution in [0.2, 0.25) is 0 Å². The Labute approximate surface area is 134 Å². The molecule has 4 heteroatoms. The second-order valence-electron chi connectivity index (χ2n) is 5.41. The summed E-state index contributed by atoms with van der Waals surface area (Å²) in [7, 11) is 0. The molecule has 0 aliphatic rings. The number of aromatic nitrogens is 1. The van der Waals surface area contributed by atoms with Crippen LogP contribution in [-0.4, -0.2) is 17.0 Å². The monoisotopic (exact) mass is 312 g/mol. The minimum Gasteiger partial charge on any atom is -0.351 e. The highest BCUT2D eigenvalue weighted by molar-refractivity contribution is 7.17. The molecule has 2 heterocycles. The van der Waals surface area contributed by atoms with Crippen LogP contribution >= 0.6 is 11.3 Å². The maximum absolute atomic E-state index is 12.5. The van der Waals surface area contributed by atoms with Crippen LogP contribution in [0.3, 0.4) is 0 Å². The van der Waals surface area contributed by atoms with Gasteiger partial charge in [0.05, 0.1) is 16.3 Å². The Morgan fingerprint density at radius 3 is 2.77 bits per heavy atom. The van der Waals surface area contributed by atoms with Crippen molar-refractivity contribution < 1.29 is 4.79 Å². The molecular weight excluding hydrogens is 292 g/mol. The van der Waals surface area contributed by atoms with E-state index in [4.69, 9.17) is 0 Å². The van der Waals surface area contributed by atoms with E-state index in [9.17, 15) is 4.79 Å². The van der Waals surface area contributed by atoms with Crippen molar-refractivity contribution in [2.45, 2.75) is 26.3 Å². The fraction of sp³-hybridized carbons (Fsp3) is 0.278. The summed E-state index contributed by atoms with van der Waals surface area (Å²) in [5, 5.41) is 5.07. The third-order valence-electron chi connectivity index (χ3n) is 3.90. The van der Waals surface area contributed by atoms with Gasteiger partial charge in [-0.25, -0.2) is 0 Å². The van der Waals surface area contributed by atoms with Crippen molar-refractivity contribution in [2.24, 2.45) is 0 Å². The number of carbonyl (C=O) groups is 1. The van der Waals surface area contributed by atoms with E-state index in [0.29, 0.717) is 6.54 Å². The number of carbonyl (C=O) groups excluding carboxylic acids is 1. The summed E-state index contributed by atoms with van der Waals surface area (Å²) in [6, 6.07) is 14.5. The topological polar surface area (TPSA) is 34.0 Å². The molecule has 1 atom stereocenters. The molecule has 0 saturated carbocycles. The smallest absolute Gasteiger partial charge is 0.267 e. The zero-order valence-corrected chi connectivity index (χ0v) is 13.7. The lowest BCUT2D eigenvalue weighted by Crippen LogP contribution is -2.27. The lowest BCUT2D eigenvalue weighted by atomic mass is 10.1. The first-order valence-electron chi connectivity index (χ1n) is 7.64. The van der Waals surface area contributed by atoms with Gasteiger partial charge in [0.1, 0.15) is 5.69 Å². The minimum atomic E-state index is 0.00744. The van der Waals surface area contributed by atoms with Gasteiger partial charge in [-0.3, -0.25) is 4.79 Å². The molecule has 0 spiro atoms. The number of nitrogens with one attached hydrogen (secondary N) is 1. The Hall–Kier alpha value is -2.07. The first-order valence-corrected chi connectivity index (χ1v) is 8.52. The molecule has 2 aromatic heterocycles. The number of benzene rings is 1. The van der Waals surface area contributed by atoms with E-state index in [0.717, 1.165) is 22.3 Å². The van der Waals surface area contributed by atoms with Gasteiger partial charge < -0.3 is 9.88 Å². The molecule has 1 aromatic carbocycles. The third-order valence-corrected chi connectivity index (χ3v) is 4.75. The molecule has 22 heavy (non-hydrogen) atoms. The van der Waals surface area contributed by atoms with Crippen molar-refractivity contribution >= 4 is 27.5 Å². The van der Waals surface area contributed by atoms with Gasteiger partial charge in [0.2, 0.25) is 0 Å². The summed E-state index contributed by atoms with van der Waals surface area (Å²) in [4.78, 5) is 12.5. The Bertz CT molecular complexity index is 773. The van der Waals surface area contributed by atoms with Crippen molar-refractivity contribution in [3.8, 4) is 0 Å². The second kappa shape index (κ2) is 6.36. The summed E-state index contributed by atoms with van der Waals surface area (Å²) in [6.07, 6.45) is 0.940. The summed E-state index contributed by atoms with van der Waals surface area (Å²) in [5.41, 5.74) is 3.07. The third kappa shape index (κ3) is 2.66. The fourth-order valence-electron chi connectivity index (χ4n) is 2.75. The highest BCUT2D eigenvalue weighted by Gasteiger charge is 2.20. The van der Waals surface area contributed by atoms with Crippen LogP contribution in [0.5, 0.6) is 0 Å². The lowest BCUT2D eigenvalue weighted by Gasteiger charge is -2.18. The average molecular weight is 312 g/mol. The van der Waals surface area contributed by atoms with Crippen LogP contribution in [-0.2, 0) is 0 Å². The number of hydrogen-bond acceptors (Lipinski definition) is 2. The lowest BCUT2D eigenvalue weighted by molar-refractivity contribution is 0.0944. The molecule has 3 aromatic rings. The molecule has 1 N–H and O–H groups in total. The van der Waals surface area contributed by atoms with E-state index in [1.807, 2.05) is 24.3 Å². The molecule has 0 saturated heterocycles. The van der Waals surface area contributed by atoms with Crippen LogP contribution in [0.4, 0.5) is 0 Å². The number of rotatable bonds is 5. The van der Waals surface area contributed by atoms with Gasteiger partial charge in [-0.15, -0.1) is 11.3 Å². The maximum Gasteiger partial charge on any atom is 0.267 e. The zero-order valence-electron chi connectivity index (χ0n) is 12.9. The molecule has 0 radical (unpaired) electrons. The normalized spacial score (nSPS) is 12.5. The summed E-state index contributed by atoms with van der Waals surface area (Å²) < 4.78 is 3.30. The predicted molar refractivity (Wildman–Crippen MR) is 92.7 cm³/mol. The molecule has 0 bridgehead atoms. The van der Waals surface area contributed by atoms with Crippen LogP contribution in [0.1, 0.15) is 42.4 Å². The summed E-state index contributed by atoms with van der Waals surface area (Å²) >= 11 is 1.68. The van der Waals surface area contributed by atoms with Gasteiger partial charge in [-0.1, -0.05) is 37.3 Å². The average Bonchev–Trinajstić information content (AvgIpc) is 3.13. The van der Waals surface area contributed by atoms with Gasteiger partial charge in [0, 0.05) is 6.54 Å². The van der Waals surface area contributed by atoms with Crippen molar-refractivity contribution in [2.75, 3.05) is 6.54 Å². The van der Waals surface area contributed by atoms with Gasteiger partial charge in [0.15, 0.2) is 0 Å². The summed E-state index contributed by atoms with van der Waals surface area (Å²) in [5.74, 6) is 0.00744. The van der Waals surface area contributed by atoms with Crippen LogP contribution in [0.25, 0.3) is 10.2 Å². The Morgan fingerprint density at radius 2 is 2.05 bits per heavy atom. The van der Waals surface area contributed by atoms with E-state index in [2.05, 4.69) is 47.3 Å². The van der Waals surface area contributed by atoms with Gasteiger partial charge >= 0.3 is 0 Å². The van der Waals surface area contributed by atoms with Crippen LogP contribution in [0, 0.1) is 0 Å². The molecule has 3 nitrogen and oxygen atoms in total. The first-order chi connectivity index (χ1) is 10.7. The number of thiophene rings is 1. The Morgan fingerprint density at radius 1 is 1.27 bits per heavy atom.